The van der Waals surface area contributed by atoms with Crippen molar-refractivity contribution in [2.45, 2.75) is 18.9 Å². The Kier molecular flexibility index (Phi) is 5.52. The van der Waals surface area contributed by atoms with Gasteiger partial charge in [-0.2, -0.15) is 0 Å². The number of nitrogens with zero attached hydrogens (tertiary/aromatic N) is 1. The van der Waals surface area contributed by atoms with Gasteiger partial charge in [-0.3, -0.25) is 9.59 Å². The number of nitrogens with one attached hydrogen (secondary N) is 1. The molecule has 3 rings (SSSR count). The van der Waals surface area contributed by atoms with Gasteiger partial charge in [0.15, 0.2) is 0 Å². The number of hydrogen-bond acceptors (Lipinski definition) is 6. The van der Waals surface area contributed by atoms with Gasteiger partial charge in [-0.05, 0) is 48.4 Å². The lowest BCUT2D eigenvalue weighted by Gasteiger charge is -2.16. The highest BCUT2D eigenvalue weighted by atomic mass is 16.5. The van der Waals surface area contributed by atoms with Crippen LogP contribution in [-0.4, -0.2) is 42.6 Å². The maximum absolute atomic E-state index is 12.7. The molecule has 0 spiro atoms. The molecule has 2 aromatic carbocycles. The minimum Gasteiger partial charge on any atom is -0.465 e. The van der Waals surface area contributed by atoms with Crippen LogP contribution in [0, 0.1) is 0 Å². The zero-order valence-electron chi connectivity index (χ0n) is 14.8. The molecule has 0 bridgehead atoms. The largest absolute Gasteiger partial charge is 0.465 e. The van der Waals surface area contributed by atoms with Crippen LogP contribution in [0.15, 0.2) is 48.5 Å². The number of hydrogen-bond donors (Lipinski definition) is 2. The fourth-order valence-corrected chi connectivity index (χ4v) is 2.98. The van der Waals surface area contributed by atoms with E-state index in [2.05, 4.69) is 10.1 Å². The zero-order valence-corrected chi connectivity index (χ0v) is 14.8. The van der Waals surface area contributed by atoms with Gasteiger partial charge >= 0.3 is 5.97 Å². The maximum Gasteiger partial charge on any atom is 0.337 e. The smallest absolute Gasteiger partial charge is 0.337 e. The fourth-order valence-electron chi connectivity index (χ4n) is 2.98. The van der Waals surface area contributed by atoms with Crippen molar-refractivity contribution in [3.8, 4) is 0 Å². The summed E-state index contributed by atoms with van der Waals surface area (Å²) in [6.07, 6.45) is 0.618. The predicted octanol–water partition coefficient (Wildman–Crippen LogP) is 1.75. The van der Waals surface area contributed by atoms with Crippen LogP contribution in [-0.2, 0) is 20.7 Å². The van der Waals surface area contributed by atoms with Crippen molar-refractivity contribution in [3.05, 3.63) is 59.7 Å². The standard InChI is InChI=1S/C20H20N2O5/c1-27-20(26)14-4-8-16(9-5-14)22-18(24)12-17(19(22)25)21-15-6-2-13(3-7-15)10-11-23/h2-9,17,21,23H,10-12H2,1H3/t17-/m1/s1. The SMILES string of the molecule is COC(=O)c1ccc(N2C(=O)C[C@@H](Nc3ccc(CCO)cc3)C2=O)cc1. The van der Waals surface area contributed by atoms with E-state index >= 15 is 0 Å². The van der Waals surface area contributed by atoms with Crippen molar-refractivity contribution in [2.75, 3.05) is 23.9 Å². The normalized spacial score (nSPS) is 16.5. The van der Waals surface area contributed by atoms with E-state index < -0.39 is 12.0 Å². The summed E-state index contributed by atoms with van der Waals surface area (Å²) in [7, 11) is 1.29. The number of carbonyl (C=O) groups is 3. The summed E-state index contributed by atoms with van der Waals surface area (Å²) >= 11 is 0. The van der Waals surface area contributed by atoms with Crippen molar-refractivity contribution in [1.82, 2.24) is 0 Å². The number of anilines is 2. The molecular formula is C20H20N2O5. The van der Waals surface area contributed by atoms with Gasteiger partial charge in [-0.25, -0.2) is 9.69 Å². The highest BCUT2D eigenvalue weighted by Crippen LogP contribution is 2.25. The Labute approximate surface area is 156 Å². The summed E-state index contributed by atoms with van der Waals surface area (Å²) in [5.74, 6) is -1.13. The molecule has 1 fully saturated rings. The molecule has 0 aromatic heterocycles. The molecule has 2 amide bonds. The lowest BCUT2D eigenvalue weighted by atomic mass is 10.1. The third-order valence-electron chi connectivity index (χ3n) is 4.39. The van der Waals surface area contributed by atoms with Gasteiger partial charge in [0.2, 0.25) is 5.91 Å². The molecule has 2 aromatic rings. The Morgan fingerprint density at radius 2 is 1.81 bits per heavy atom. The molecule has 0 radical (unpaired) electrons. The van der Waals surface area contributed by atoms with Crippen LogP contribution in [0.4, 0.5) is 11.4 Å². The third-order valence-corrected chi connectivity index (χ3v) is 4.39. The average molecular weight is 368 g/mol. The Hall–Kier alpha value is -3.19. The average Bonchev–Trinajstić information content (AvgIpc) is 2.96. The predicted molar refractivity (Wildman–Crippen MR) is 99.5 cm³/mol. The van der Waals surface area contributed by atoms with Crippen molar-refractivity contribution >= 4 is 29.2 Å². The van der Waals surface area contributed by atoms with Crippen LogP contribution < -0.4 is 10.2 Å². The monoisotopic (exact) mass is 368 g/mol. The maximum atomic E-state index is 12.7. The first-order chi connectivity index (χ1) is 13.0. The number of rotatable bonds is 6. The summed E-state index contributed by atoms with van der Waals surface area (Å²) in [5, 5.41) is 12.0. The van der Waals surface area contributed by atoms with E-state index in [0.717, 1.165) is 16.2 Å². The molecule has 7 nitrogen and oxygen atoms in total. The molecule has 0 unspecified atom stereocenters. The summed E-state index contributed by atoms with van der Waals surface area (Å²) in [4.78, 5) is 37.7. The lowest BCUT2D eigenvalue weighted by Crippen LogP contribution is -2.34. The van der Waals surface area contributed by atoms with Crippen LogP contribution in [0.1, 0.15) is 22.3 Å². The van der Waals surface area contributed by atoms with Crippen LogP contribution in [0.5, 0.6) is 0 Å². The number of aliphatic hydroxyl groups is 1. The highest BCUT2D eigenvalue weighted by molar-refractivity contribution is 6.23. The quantitative estimate of drug-likeness (QED) is 0.596. The minimum atomic E-state index is -0.651. The number of carbonyl (C=O) groups excluding carboxylic acids is 3. The molecular weight excluding hydrogens is 348 g/mol. The second-order valence-electron chi connectivity index (χ2n) is 6.18. The molecule has 0 aliphatic carbocycles. The first-order valence-electron chi connectivity index (χ1n) is 8.55. The van der Waals surface area contributed by atoms with E-state index in [9.17, 15) is 14.4 Å². The second-order valence-corrected chi connectivity index (χ2v) is 6.18. The Balaban J connectivity index is 1.72. The minimum absolute atomic E-state index is 0.0516. The summed E-state index contributed by atoms with van der Waals surface area (Å²) in [6.45, 7) is 0.0755. The Bertz CT molecular complexity index is 846. The van der Waals surface area contributed by atoms with E-state index in [1.807, 2.05) is 24.3 Å². The molecule has 1 aliphatic heterocycles. The molecule has 1 aliphatic rings. The van der Waals surface area contributed by atoms with Gasteiger partial charge in [0, 0.05) is 12.3 Å². The van der Waals surface area contributed by atoms with Gasteiger partial charge in [-0.1, -0.05) is 12.1 Å². The molecule has 27 heavy (non-hydrogen) atoms. The number of benzene rings is 2. The topological polar surface area (TPSA) is 95.9 Å². The van der Waals surface area contributed by atoms with Gasteiger partial charge in [0.1, 0.15) is 6.04 Å². The van der Waals surface area contributed by atoms with Gasteiger partial charge < -0.3 is 15.2 Å². The number of imide groups is 1. The molecule has 2 N–H and O–H groups in total. The van der Waals surface area contributed by atoms with Crippen LogP contribution in [0.2, 0.25) is 0 Å². The van der Waals surface area contributed by atoms with E-state index in [1.165, 1.54) is 19.2 Å². The van der Waals surface area contributed by atoms with Gasteiger partial charge in [-0.15, -0.1) is 0 Å². The first-order valence-corrected chi connectivity index (χ1v) is 8.55. The molecule has 140 valence electrons. The van der Waals surface area contributed by atoms with E-state index in [-0.39, 0.29) is 24.8 Å². The van der Waals surface area contributed by atoms with Gasteiger partial charge in [0.05, 0.1) is 24.8 Å². The number of aliphatic hydroxyl groups excluding tert-OH is 1. The highest BCUT2D eigenvalue weighted by Gasteiger charge is 2.39. The molecule has 0 saturated carbocycles. The number of ether oxygens (including phenoxy) is 1. The van der Waals surface area contributed by atoms with Crippen molar-refractivity contribution in [3.63, 3.8) is 0 Å². The first kappa shape index (κ1) is 18.6. The summed E-state index contributed by atoms with van der Waals surface area (Å²) < 4.78 is 4.64. The fraction of sp³-hybridized carbons (Fsp3) is 0.250. The third kappa shape index (κ3) is 3.98. The summed E-state index contributed by atoms with van der Waals surface area (Å²) in [6, 6.07) is 12.8. The second kappa shape index (κ2) is 8.01. The van der Waals surface area contributed by atoms with Crippen LogP contribution >= 0.6 is 0 Å². The van der Waals surface area contributed by atoms with Crippen LogP contribution in [0.25, 0.3) is 0 Å². The molecule has 1 heterocycles. The van der Waals surface area contributed by atoms with E-state index in [4.69, 9.17) is 5.11 Å². The molecule has 7 heteroatoms. The van der Waals surface area contributed by atoms with Gasteiger partial charge in [0.25, 0.3) is 5.91 Å². The van der Waals surface area contributed by atoms with E-state index in [0.29, 0.717) is 17.7 Å². The lowest BCUT2D eigenvalue weighted by molar-refractivity contribution is -0.121. The number of amides is 2. The Morgan fingerprint density at radius 3 is 2.41 bits per heavy atom. The van der Waals surface area contributed by atoms with Crippen molar-refractivity contribution in [1.29, 1.82) is 0 Å². The molecule has 1 atom stereocenters. The zero-order chi connectivity index (χ0) is 19.4. The molecule has 1 saturated heterocycles. The number of methoxy groups -OCH3 is 1. The van der Waals surface area contributed by atoms with Crippen molar-refractivity contribution in [2.24, 2.45) is 0 Å². The van der Waals surface area contributed by atoms with Crippen molar-refractivity contribution < 1.29 is 24.2 Å². The summed E-state index contributed by atoms with van der Waals surface area (Å²) in [5.41, 5.74) is 2.48. The van der Waals surface area contributed by atoms with E-state index in [1.54, 1.807) is 12.1 Å². The van der Waals surface area contributed by atoms with Crippen LogP contribution in [0.3, 0.4) is 0 Å². The Morgan fingerprint density at radius 1 is 1.15 bits per heavy atom. The number of esters is 1.